The van der Waals surface area contributed by atoms with E-state index >= 15 is 0 Å². The Morgan fingerprint density at radius 2 is 2.23 bits per heavy atom. The molecular formula is C8H9ClN2O2. The van der Waals surface area contributed by atoms with Crippen molar-refractivity contribution in [1.82, 2.24) is 0 Å². The Morgan fingerprint density at radius 1 is 1.62 bits per heavy atom. The van der Waals surface area contributed by atoms with E-state index in [1.165, 1.54) is 19.2 Å². The van der Waals surface area contributed by atoms with Crippen molar-refractivity contribution in [1.29, 1.82) is 5.41 Å². The predicted octanol–water partition coefficient (Wildman–Crippen LogP) is 1.34. The highest BCUT2D eigenvalue weighted by Crippen LogP contribution is 2.33. The highest BCUT2D eigenvalue weighted by Gasteiger charge is 2.14. The van der Waals surface area contributed by atoms with Gasteiger partial charge in [-0.1, -0.05) is 11.6 Å². The molecule has 4 nitrogen and oxygen atoms in total. The molecule has 5 heteroatoms. The number of ether oxygens (including phenoxy) is 1. The molecule has 0 saturated heterocycles. The molecule has 13 heavy (non-hydrogen) atoms. The van der Waals surface area contributed by atoms with Crippen LogP contribution in [0.1, 0.15) is 5.56 Å². The van der Waals surface area contributed by atoms with Crippen LogP contribution in [-0.2, 0) is 0 Å². The van der Waals surface area contributed by atoms with Gasteiger partial charge in [-0.3, -0.25) is 5.41 Å². The topological polar surface area (TPSA) is 79.3 Å². The van der Waals surface area contributed by atoms with Crippen molar-refractivity contribution in [3.05, 3.63) is 22.7 Å². The first kappa shape index (κ1) is 9.67. The fourth-order valence-electron chi connectivity index (χ4n) is 1.01. The number of nitrogen functional groups attached to an aromatic ring is 1. The van der Waals surface area contributed by atoms with Crippen LogP contribution in [-0.4, -0.2) is 18.1 Å². The van der Waals surface area contributed by atoms with Crippen molar-refractivity contribution in [3.63, 3.8) is 0 Å². The van der Waals surface area contributed by atoms with Crippen molar-refractivity contribution in [2.45, 2.75) is 0 Å². The average molecular weight is 201 g/mol. The monoisotopic (exact) mass is 200 g/mol. The minimum atomic E-state index is -0.281. The molecule has 0 fully saturated rings. The van der Waals surface area contributed by atoms with Crippen molar-refractivity contribution < 1.29 is 9.84 Å². The normalized spacial score (nSPS) is 9.69. The van der Waals surface area contributed by atoms with Crippen LogP contribution in [0.5, 0.6) is 11.5 Å². The summed E-state index contributed by atoms with van der Waals surface area (Å²) in [4.78, 5) is 0. The molecule has 0 radical (unpaired) electrons. The molecule has 1 aromatic carbocycles. The summed E-state index contributed by atoms with van der Waals surface area (Å²) in [6, 6.07) is 2.84. The van der Waals surface area contributed by atoms with Crippen molar-refractivity contribution >= 4 is 17.4 Å². The zero-order valence-electron chi connectivity index (χ0n) is 6.97. The first-order valence-corrected chi connectivity index (χ1v) is 3.85. The standard InChI is InChI=1S/C8H9ClN2O2/c1-13-7-4(9)2-3-5(12)6(7)8(10)11/h2-3,12H,1H3,(H3,10,11). The van der Waals surface area contributed by atoms with E-state index in [1.807, 2.05) is 0 Å². The van der Waals surface area contributed by atoms with E-state index in [9.17, 15) is 5.11 Å². The van der Waals surface area contributed by atoms with E-state index in [0.29, 0.717) is 5.02 Å². The van der Waals surface area contributed by atoms with Gasteiger partial charge in [-0.25, -0.2) is 0 Å². The molecule has 0 heterocycles. The summed E-state index contributed by atoms with van der Waals surface area (Å²) in [5.41, 5.74) is 5.36. The van der Waals surface area contributed by atoms with E-state index in [2.05, 4.69) is 0 Å². The lowest BCUT2D eigenvalue weighted by atomic mass is 10.1. The van der Waals surface area contributed by atoms with Gasteiger partial charge in [-0.05, 0) is 12.1 Å². The Labute approximate surface area is 80.4 Å². The quantitative estimate of drug-likeness (QED) is 0.498. The lowest BCUT2D eigenvalue weighted by Crippen LogP contribution is -2.13. The van der Waals surface area contributed by atoms with Crippen molar-refractivity contribution in [2.75, 3.05) is 7.11 Å². The maximum atomic E-state index is 9.36. The summed E-state index contributed by atoms with van der Waals surface area (Å²) in [5, 5.41) is 16.9. The molecule has 4 N–H and O–H groups in total. The summed E-state index contributed by atoms with van der Waals surface area (Å²) in [7, 11) is 1.40. The first-order chi connectivity index (χ1) is 6.07. The lowest BCUT2D eigenvalue weighted by molar-refractivity contribution is 0.406. The Morgan fingerprint density at radius 3 is 2.62 bits per heavy atom. The number of nitrogens with two attached hydrogens (primary N) is 1. The van der Waals surface area contributed by atoms with Crippen molar-refractivity contribution in [3.8, 4) is 11.5 Å². The summed E-state index contributed by atoms with van der Waals surface area (Å²) in [6.07, 6.45) is 0. The Balaban J connectivity index is 3.43. The molecule has 0 saturated carbocycles. The largest absolute Gasteiger partial charge is 0.507 e. The van der Waals surface area contributed by atoms with Crippen LogP contribution < -0.4 is 10.5 Å². The lowest BCUT2D eigenvalue weighted by Gasteiger charge is -2.09. The van der Waals surface area contributed by atoms with Crippen LogP contribution in [0.3, 0.4) is 0 Å². The molecule has 0 unspecified atom stereocenters. The summed E-state index contributed by atoms with van der Waals surface area (Å²) < 4.78 is 4.91. The average Bonchev–Trinajstić information content (AvgIpc) is 2.07. The molecule has 1 rings (SSSR count). The van der Waals surface area contributed by atoms with Crippen LogP contribution in [0.2, 0.25) is 5.02 Å². The minimum Gasteiger partial charge on any atom is -0.507 e. The fourth-order valence-corrected chi connectivity index (χ4v) is 1.24. The van der Waals surface area contributed by atoms with Crippen LogP contribution in [0, 0.1) is 5.41 Å². The van der Waals surface area contributed by atoms with Gasteiger partial charge in [0.2, 0.25) is 0 Å². The first-order valence-electron chi connectivity index (χ1n) is 3.47. The van der Waals surface area contributed by atoms with Gasteiger partial charge in [-0.2, -0.15) is 0 Å². The third-order valence-corrected chi connectivity index (χ3v) is 1.86. The van der Waals surface area contributed by atoms with Gasteiger partial charge in [-0.15, -0.1) is 0 Å². The Kier molecular flexibility index (Phi) is 2.63. The number of aromatic hydroxyl groups is 1. The van der Waals surface area contributed by atoms with Gasteiger partial charge in [0, 0.05) is 0 Å². The number of rotatable bonds is 2. The zero-order valence-corrected chi connectivity index (χ0v) is 7.72. The third-order valence-electron chi connectivity index (χ3n) is 1.56. The molecule has 0 bridgehead atoms. The molecule has 0 amide bonds. The predicted molar refractivity (Wildman–Crippen MR) is 50.7 cm³/mol. The minimum absolute atomic E-state index is 0.117. The Hall–Kier alpha value is -1.42. The summed E-state index contributed by atoms with van der Waals surface area (Å²) in [6.45, 7) is 0. The number of amidine groups is 1. The number of benzene rings is 1. The van der Waals surface area contributed by atoms with Gasteiger partial charge >= 0.3 is 0 Å². The summed E-state index contributed by atoms with van der Waals surface area (Å²) >= 11 is 5.76. The number of halogens is 1. The molecule has 0 aliphatic heterocycles. The van der Waals surface area contributed by atoms with Gasteiger partial charge in [0.15, 0.2) is 5.75 Å². The number of phenols is 1. The zero-order chi connectivity index (χ0) is 10.0. The molecule has 0 spiro atoms. The van der Waals surface area contributed by atoms with E-state index < -0.39 is 0 Å². The molecule has 0 aliphatic carbocycles. The van der Waals surface area contributed by atoms with Gasteiger partial charge in [0.1, 0.15) is 17.1 Å². The van der Waals surface area contributed by atoms with E-state index in [-0.39, 0.29) is 22.9 Å². The second kappa shape index (κ2) is 3.53. The third kappa shape index (κ3) is 1.67. The fraction of sp³-hybridized carbons (Fsp3) is 0.125. The van der Waals surface area contributed by atoms with Crippen molar-refractivity contribution in [2.24, 2.45) is 5.73 Å². The number of hydrogen-bond acceptors (Lipinski definition) is 3. The summed E-state index contributed by atoms with van der Waals surface area (Å²) in [5.74, 6) is -0.181. The van der Waals surface area contributed by atoms with Crippen LogP contribution in [0.4, 0.5) is 0 Å². The maximum Gasteiger partial charge on any atom is 0.152 e. The number of methoxy groups -OCH3 is 1. The van der Waals surface area contributed by atoms with Crippen LogP contribution in [0.25, 0.3) is 0 Å². The van der Waals surface area contributed by atoms with Crippen LogP contribution in [0.15, 0.2) is 12.1 Å². The highest BCUT2D eigenvalue weighted by atomic mass is 35.5. The molecular weight excluding hydrogens is 192 g/mol. The molecule has 0 aliphatic rings. The maximum absolute atomic E-state index is 9.36. The second-order valence-electron chi connectivity index (χ2n) is 2.39. The second-order valence-corrected chi connectivity index (χ2v) is 2.80. The number of hydrogen-bond donors (Lipinski definition) is 3. The van der Waals surface area contributed by atoms with E-state index in [0.717, 1.165) is 0 Å². The number of nitrogens with one attached hydrogen (secondary N) is 1. The molecule has 1 aromatic rings. The van der Waals surface area contributed by atoms with E-state index in [1.54, 1.807) is 0 Å². The van der Waals surface area contributed by atoms with Gasteiger partial charge < -0.3 is 15.6 Å². The SMILES string of the molecule is COc1c(Cl)ccc(O)c1C(=N)N. The highest BCUT2D eigenvalue weighted by molar-refractivity contribution is 6.32. The van der Waals surface area contributed by atoms with Gasteiger partial charge in [0.05, 0.1) is 12.1 Å². The molecule has 0 atom stereocenters. The molecule has 70 valence electrons. The van der Waals surface area contributed by atoms with Crippen LogP contribution >= 0.6 is 11.6 Å². The van der Waals surface area contributed by atoms with Gasteiger partial charge in [0.25, 0.3) is 0 Å². The smallest absolute Gasteiger partial charge is 0.152 e. The molecule has 0 aromatic heterocycles. The Bertz CT molecular complexity index is 352. The van der Waals surface area contributed by atoms with E-state index in [4.69, 9.17) is 27.5 Å². The number of phenolic OH excluding ortho intramolecular Hbond substituents is 1.